The van der Waals surface area contributed by atoms with Crippen molar-refractivity contribution < 1.29 is 14.3 Å². The predicted molar refractivity (Wildman–Crippen MR) is 120 cm³/mol. The summed E-state index contributed by atoms with van der Waals surface area (Å²) in [5.74, 6) is 1.47. The maximum absolute atomic E-state index is 13.1. The zero-order chi connectivity index (χ0) is 21.5. The van der Waals surface area contributed by atoms with Gasteiger partial charge in [-0.05, 0) is 54.0 Å². The van der Waals surface area contributed by atoms with Gasteiger partial charge in [-0.25, -0.2) is 0 Å². The second kappa shape index (κ2) is 8.00. The molecule has 5 nitrogen and oxygen atoms in total. The minimum absolute atomic E-state index is 0.128. The van der Waals surface area contributed by atoms with Gasteiger partial charge < -0.3 is 9.47 Å². The highest BCUT2D eigenvalue weighted by Gasteiger charge is 2.35. The molecular formula is C24H18Cl2N2O3. The second-order valence-corrected chi connectivity index (χ2v) is 8.44. The Labute approximate surface area is 189 Å². The predicted octanol–water partition coefficient (Wildman–Crippen LogP) is 5.67. The van der Waals surface area contributed by atoms with Crippen LogP contribution in [0, 0.1) is 6.92 Å². The van der Waals surface area contributed by atoms with Gasteiger partial charge >= 0.3 is 0 Å². The molecule has 1 aromatic heterocycles. The zero-order valence-corrected chi connectivity index (χ0v) is 18.2. The molecule has 7 heteroatoms. The van der Waals surface area contributed by atoms with E-state index in [9.17, 15) is 4.79 Å². The summed E-state index contributed by atoms with van der Waals surface area (Å²) in [6.07, 6.45) is 5.10. The van der Waals surface area contributed by atoms with Crippen LogP contribution in [0.1, 0.15) is 32.6 Å². The van der Waals surface area contributed by atoms with E-state index < -0.39 is 0 Å². The molecule has 0 unspecified atom stereocenters. The monoisotopic (exact) mass is 452 g/mol. The number of benzene rings is 2. The number of carbonyl (C=O) groups excluding carboxylic acids is 1. The van der Waals surface area contributed by atoms with Crippen LogP contribution in [0.2, 0.25) is 10.0 Å². The second-order valence-electron chi connectivity index (χ2n) is 7.60. The van der Waals surface area contributed by atoms with E-state index in [0.29, 0.717) is 41.2 Å². The number of fused-ring (bicyclic) bond motifs is 3. The first-order chi connectivity index (χ1) is 15.0. The molecule has 3 aromatic rings. The number of aromatic nitrogens is 1. The van der Waals surface area contributed by atoms with Crippen molar-refractivity contribution in [2.75, 3.05) is 6.73 Å². The Bertz CT molecular complexity index is 1230. The molecule has 31 heavy (non-hydrogen) atoms. The number of ketones is 1. The Morgan fingerprint density at radius 2 is 2.10 bits per heavy atom. The fourth-order valence-electron chi connectivity index (χ4n) is 3.88. The highest BCUT2D eigenvalue weighted by Crippen LogP contribution is 2.44. The number of pyridine rings is 1. The maximum atomic E-state index is 13.1. The number of allylic oxidation sites excluding steroid dienone is 1. The largest absolute Gasteiger partial charge is 0.478 e. The number of hydrogen-bond acceptors (Lipinski definition) is 5. The molecule has 0 N–H and O–H groups in total. The standard InChI is InChI=1S/C24H18Cl2N2O3/c1-14-7-20-18(12-28(13-30-20)11-16-4-5-17(25)9-19(16)26)24-22(14)23(29)21(31-24)8-15-3-2-6-27-10-15/h2-10H,11-13H2,1H3/b21-8-. The fourth-order valence-corrected chi connectivity index (χ4v) is 4.35. The average molecular weight is 453 g/mol. The molecule has 0 saturated carbocycles. The lowest BCUT2D eigenvalue weighted by Crippen LogP contribution is -2.32. The Hall–Kier alpha value is -2.86. The minimum atomic E-state index is -0.128. The quantitative estimate of drug-likeness (QED) is 0.479. The topological polar surface area (TPSA) is 51.7 Å². The highest BCUT2D eigenvalue weighted by atomic mass is 35.5. The number of aryl methyl sites for hydroxylation is 1. The van der Waals surface area contributed by atoms with E-state index in [1.807, 2.05) is 37.3 Å². The lowest BCUT2D eigenvalue weighted by molar-refractivity contribution is 0.0872. The third-order valence-corrected chi connectivity index (χ3v) is 5.97. The number of carbonyl (C=O) groups is 1. The zero-order valence-electron chi connectivity index (χ0n) is 16.7. The minimum Gasteiger partial charge on any atom is -0.478 e. The summed E-state index contributed by atoms with van der Waals surface area (Å²) in [6.45, 7) is 3.47. The van der Waals surface area contributed by atoms with Crippen molar-refractivity contribution in [2.45, 2.75) is 20.0 Å². The summed E-state index contributed by atoms with van der Waals surface area (Å²) >= 11 is 12.4. The molecule has 0 spiro atoms. The van der Waals surface area contributed by atoms with Gasteiger partial charge in [0.25, 0.3) is 0 Å². The molecule has 0 fully saturated rings. The summed E-state index contributed by atoms with van der Waals surface area (Å²) in [7, 11) is 0. The first-order valence-corrected chi connectivity index (χ1v) is 10.5. The van der Waals surface area contributed by atoms with Crippen LogP contribution in [-0.2, 0) is 13.1 Å². The van der Waals surface area contributed by atoms with E-state index in [1.54, 1.807) is 24.5 Å². The molecule has 156 valence electrons. The van der Waals surface area contributed by atoms with E-state index in [0.717, 1.165) is 28.0 Å². The molecule has 0 saturated heterocycles. The molecule has 2 aromatic carbocycles. The lowest BCUT2D eigenvalue weighted by atomic mass is 9.98. The molecule has 0 bridgehead atoms. The van der Waals surface area contributed by atoms with Gasteiger partial charge in [0.05, 0.1) is 11.1 Å². The van der Waals surface area contributed by atoms with Crippen LogP contribution in [0.15, 0.2) is 54.6 Å². The van der Waals surface area contributed by atoms with Gasteiger partial charge in [0, 0.05) is 35.5 Å². The van der Waals surface area contributed by atoms with Crippen LogP contribution in [0.5, 0.6) is 11.5 Å². The van der Waals surface area contributed by atoms with Crippen molar-refractivity contribution in [3.63, 3.8) is 0 Å². The Morgan fingerprint density at radius 1 is 1.23 bits per heavy atom. The van der Waals surface area contributed by atoms with Crippen molar-refractivity contribution in [1.82, 2.24) is 9.88 Å². The Balaban J connectivity index is 1.46. The fraction of sp³-hybridized carbons (Fsp3) is 0.167. The molecule has 0 radical (unpaired) electrons. The maximum Gasteiger partial charge on any atom is 0.232 e. The molecule has 5 rings (SSSR count). The van der Waals surface area contributed by atoms with E-state index in [-0.39, 0.29) is 11.5 Å². The van der Waals surface area contributed by atoms with Crippen LogP contribution in [0.4, 0.5) is 0 Å². The molecular weight excluding hydrogens is 435 g/mol. The Kier molecular flexibility index (Phi) is 5.18. The highest BCUT2D eigenvalue weighted by molar-refractivity contribution is 6.35. The normalized spacial score (nSPS) is 16.6. The summed E-state index contributed by atoms with van der Waals surface area (Å²) < 4.78 is 12.1. The average Bonchev–Trinajstić information content (AvgIpc) is 3.08. The van der Waals surface area contributed by atoms with Crippen molar-refractivity contribution in [2.24, 2.45) is 0 Å². The van der Waals surface area contributed by atoms with Crippen LogP contribution < -0.4 is 9.47 Å². The summed E-state index contributed by atoms with van der Waals surface area (Å²) in [6, 6.07) is 11.1. The van der Waals surface area contributed by atoms with Crippen LogP contribution in [0.3, 0.4) is 0 Å². The summed E-state index contributed by atoms with van der Waals surface area (Å²) in [5, 5.41) is 1.21. The van der Waals surface area contributed by atoms with Crippen LogP contribution >= 0.6 is 23.2 Å². The summed E-state index contributed by atoms with van der Waals surface area (Å²) in [5.41, 5.74) is 4.04. The summed E-state index contributed by atoms with van der Waals surface area (Å²) in [4.78, 5) is 19.3. The van der Waals surface area contributed by atoms with Gasteiger partial charge in [0.15, 0.2) is 5.76 Å². The third kappa shape index (κ3) is 3.81. The smallest absolute Gasteiger partial charge is 0.232 e. The van der Waals surface area contributed by atoms with E-state index in [2.05, 4.69) is 9.88 Å². The number of hydrogen-bond donors (Lipinski definition) is 0. The SMILES string of the molecule is Cc1cc2c(c3c1C(=O)/C(=C/c1cccnc1)O3)CN(Cc1ccc(Cl)cc1Cl)CO2. The van der Waals surface area contributed by atoms with Crippen LogP contribution in [-0.4, -0.2) is 22.4 Å². The first kappa shape index (κ1) is 20.1. The van der Waals surface area contributed by atoms with Crippen molar-refractivity contribution >= 4 is 35.1 Å². The van der Waals surface area contributed by atoms with Gasteiger partial charge in [-0.1, -0.05) is 35.3 Å². The third-order valence-electron chi connectivity index (χ3n) is 5.38. The van der Waals surface area contributed by atoms with Gasteiger partial charge in [-0.2, -0.15) is 0 Å². The van der Waals surface area contributed by atoms with Gasteiger partial charge in [-0.15, -0.1) is 0 Å². The van der Waals surface area contributed by atoms with Crippen molar-refractivity contribution in [3.05, 3.63) is 92.4 Å². The molecule has 2 aliphatic heterocycles. The number of halogens is 2. The van der Waals surface area contributed by atoms with Crippen molar-refractivity contribution in [3.8, 4) is 11.5 Å². The van der Waals surface area contributed by atoms with Crippen LogP contribution in [0.25, 0.3) is 6.08 Å². The number of Topliss-reactive ketones (excluding diaryl/α,β-unsaturated/α-hetero) is 1. The lowest BCUT2D eigenvalue weighted by Gasteiger charge is -2.30. The number of rotatable bonds is 3. The molecule has 0 amide bonds. The first-order valence-electron chi connectivity index (χ1n) is 9.79. The molecule has 2 aliphatic rings. The molecule has 0 atom stereocenters. The van der Waals surface area contributed by atoms with E-state index in [4.69, 9.17) is 32.7 Å². The number of nitrogens with zero attached hydrogens (tertiary/aromatic N) is 2. The van der Waals surface area contributed by atoms with Gasteiger partial charge in [-0.3, -0.25) is 14.7 Å². The molecule has 3 heterocycles. The van der Waals surface area contributed by atoms with Gasteiger partial charge in [0.1, 0.15) is 18.2 Å². The van der Waals surface area contributed by atoms with E-state index in [1.165, 1.54) is 0 Å². The van der Waals surface area contributed by atoms with Gasteiger partial charge in [0.2, 0.25) is 5.78 Å². The molecule has 0 aliphatic carbocycles. The van der Waals surface area contributed by atoms with Crippen molar-refractivity contribution in [1.29, 1.82) is 0 Å². The van der Waals surface area contributed by atoms with E-state index >= 15 is 0 Å². The number of ether oxygens (including phenoxy) is 2. The Morgan fingerprint density at radius 3 is 2.87 bits per heavy atom.